The van der Waals surface area contributed by atoms with Crippen molar-refractivity contribution in [2.24, 2.45) is 0 Å². The van der Waals surface area contributed by atoms with E-state index in [4.69, 9.17) is 23.2 Å². The summed E-state index contributed by atoms with van der Waals surface area (Å²) >= 11 is 12.3. The third-order valence-corrected chi connectivity index (χ3v) is 7.55. The Morgan fingerprint density at radius 3 is 2.23 bits per heavy atom. The van der Waals surface area contributed by atoms with Gasteiger partial charge in [-0.05, 0) is 54.7 Å². The van der Waals surface area contributed by atoms with Gasteiger partial charge in [-0.15, -0.1) is 0 Å². The number of benzene rings is 2. The lowest BCUT2D eigenvalue weighted by atomic mass is 10.1. The number of likely N-dealkylation sites (N-methyl/N-ethyl adjacent to an activating group) is 1. The zero-order valence-electron chi connectivity index (χ0n) is 20.6. The van der Waals surface area contributed by atoms with Crippen molar-refractivity contribution in [3.63, 3.8) is 0 Å². The van der Waals surface area contributed by atoms with Crippen LogP contribution in [0.2, 0.25) is 10.0 Å². The zero-order chi connectivity index (χ0) is 26.2. The predicted octanol–water partition coefficient (Wildman–Crippen LogP) is 4.66. The Morgan fingerprint density at radius 2 is 1.71 bits per heavy atom. The van der Waals surface area contributed by atoms with Gasteiger partial charge in [0, 0.05) is 36.6 Å². The first-order valence-corrected chi connectivity index (χ1v) is 14.1. The number of halogens is 2. The molecule has 0 heterocycles. The molecule has 1 atom stereocenters. The van der Waals surface area contributed by atoms with Crippen LogP contribution in [-0.4, -0.2) is 51.0 Å². The molecular formula is C25H33Cl2N3O4S. The van der Waals surface area contributed by atoms with Crippen molar-refractivity contribution in [3.8, 4) is 0 Å². The van der Waals surface area contributed by atoms with Crippen molar-refractivity contribution in [1.29, 1.82) is 0 Å². The Kier molecular flexibility index (Phi) is 10.9. The van der Waals surface area contributed by atoms with E-state index in [1.165, 1.54) is 16.3 Å². The van der Waals surface area contributed by atoms with Crippen molar-refractivity contribution in [1.82, 2.24) is 10.2 Å². The van der Waals surface area contributed by atoms with Crippen LogP contribution >= 0.6 is 23.2 Å². The van der Waals surface area contributed by atoms with E-state index in [0.29, 0.717) is 27.7 Å². The van der Waals surface area contributed by atoms with Crippen molar-refractivity contribution in [2.45, 2.75) is 52.1 Å². The van der Waals surface area contributed by atoms with E-state index in [0.717, 1.165) is 18.2 Å². The topological polar surface area (TPSA) is 86.8 Å². The minimum Gasteiger partial charge on any atom is -0.357 e. The fourth-order valence-corrected chi connectivity index (χ4v) is 5.26. The Bertz CT molecular complexity index is 1120. The molecule has 0 aromatic heterocycles. The number of nitrogens with one attached hydrogen (secondary N) is 1. The molecule has 2 amide bonds. The summed E-state index contributed by atoms with van der Waals surface area (Å²) in [7, 11) is -2.01. The molecule has 2 aromatic carbocycles. The van der Waals surface area contributed by atoms with Crippen LogP contribution in [0.15, 0.2) is 42.5 Å². The average Bonchev–Trinajstić information content (AvgIpc) is 2.82. The van der Waals surface area contributed by atoms with Crippen molar-refractivity contribution in [3.05, 3.63) is 63.6 Å². The maximum atomic E-state index is 13.3. The number of carbonyl (C=O) groups excluding carboxylic acids is 2. The molecule has 0 aliphatic rings. The monoisotopic (exact) mass is 541 g/mol. The first-order valence-electron chi connectivity index (χ1n) is 11.5. The predicted molar refractivity (Wildman–Crippen MR) is 142 cm³/mol. The van der Waals surface area contributed by atoms with E-state index < -0.39 is 16.1 Å². The summed E-state index contributed by atoms with van der Waals surface area (Å²) in [5, 5.41) is 3.49. The Hall–Kier alpha value is -2.29. The number of anilines is 1. The van der Waals surface area contributed by atoms with E-state index in [9.17, 15) is 18.0 Å². The van der Waals surface area contributed by atoms with Gasteiger partial charge in [-0.1, -0.05) is 55.2 Å². The van der Waals surface area contributed by atoms with E-state index in [-0.39, 0.29) is 37.7 Å². The highest BCUT2D eigenvalue weighted by Gasteiger charge is 2.28. The lowest BCUT2D eigenvalue weighted by Crippen LogP contribution is -2.48. The highest BCUT2D eigenvalue weighted by Crippen LogP contribution is 2.25. The Balaban J connectivity index is 2.21. The molecule has 0 saturated heterocycles. The second-order valence-corrected chi connectivity index (χ2v) is 11.0. The van der Waals surface area contributed by atoms with Gasteiger partial charge in [-0.3, -0.25) is 13.9 Å². The van der Waals surface area contributed by atoms with Gasteiger partial charge in [0.15, 0.2) is 0 Å². The summed E-state index contributed by atoms with van der Waals surface area (Å²) in [4.78, 5) is 27.3. The van der Waals surface area contributed by atoms with Crippen LogP contribution in [0.5, 0.6) is 0 Å². The SMILES string of the molecule is CCc1ccc(N(CCCC(=O)N(Cc2ccc(Cl)cc2Cl)[C@H](CC)C(=O)NC)S(C)(=O)=O)cc1. The van der Waals surface area contributed by atoms with Crippen molar-refractivity contribution in [2.75, 3.05) is 24.2 Å². The van der Waals surface area contributed by atoms with Crippen LogP contribution in [-0.2, 0) is 32.6 Å². The minimum atomic E-state index is -3.54. The molecular weight excluding hydrogens is 509 g/mol. The molecule has 7 nitrogen and oxygen atoms in total. The average molecular weight is 543 g/mol. The molecule has 0 spiro atoms. The number of carbonyl (C=O) groups is 2. The quantitative estimate of drug-likeness (QED) is 0.423. The number of nitrogens with zero attached hydrogens (tertiary/aromatic N) is 2. The van der Waals surface area contributed by atoms with E-state index in [1.54, 1.807) is 30.3 Å². The van der Waals surface area contributed by atoms with E-state index >= 15 is 0 Å². The van der Waals surface area contributed by atoms with Crippen LogP contribution in [0.1, 0.15) is 44.2 Å². The summed E-state index contributed by atoms with van der Waals surface area (Å²) in [6.45, 7) is 4.13. The molecule has 0 radical (unpaired) electrons. The Labute approximate surface area is 218 Å². The van der Waals surface area contributed by atoms with Crippen LogP contribution < -0.4 is 9.62 Å². The van der Waals surface area contributed by atoms with Crippen molar-refractivity contribution < 1.29 is 18.0 Å². The molecule has 2 rings (SSSR count). The van der Waals surface area contributed by atoms with Gasteiger partial charge in [0.2, 0.25) is 21.8 Å². The zero-order valence-corrected chi connectivity index (χ0v) is 22.9. The molecule has 0 bridgehead atoms. The minimum absolute atomic E-state index is 0.0672. The molecule has 2 aromatic rings. The first-order chi connectivity index (χ1) is 16.5. The molecule has 0 fully saturated rings. The third kappa shape index (κ3) is 8.12. The van der Waals surface area contributed by atoms with Crippen LogP contribution in [0, 0.1) is 0 Å². The Morgan fingerprint density at radius 1 is 1.06 bits per heavy atom. The highest BCUT2D eigenvalue weighted by atomic mass is 35.5. The molecule has 0 saturated carbocycles. The highest BCUT2D eigenvalue weighted by molar-refractivity contribution is 7.92. The van der Waals surface area contributed by atoms with Crippen LogP contribution in [0.4, 0.5) is 5.69 Å². The van der Waals surface area contributed by atoms with Gasteiger partial charge in [0.1, 0.15) is 6.04 Å². The van der Waals surface area contributed by atoms with Gasteiger partial charge in [-0.2, -0.15) is 0 Å². The van der Waals surface area contributed by atoms with Crippen LogP contribution in [0.3, 0.4) is 0 Å². The number of hydrogen-bond acceptors (Lipinski definition) is 4. The van der Waals surface area contributed by atoms with E-state index in [1.807, 2.05) is 26.0 Å². The number of sulfonamides is 1. The molecule has 1 N–H and O–H groups in total. The first kappa shape index (κ1) is 28.9. The second kappa shape index (κ2) is 13.1. The smallest absolute Gasteiger partial charge is 0.242 e. The largest absolute Gasteiger partial charge is 0.357 e. The fourth-order valence-electron chi connectivity index (χ4n) is 3.82. The third-order valence-electron chi connectivity index (χ3n) is 5.77. The summed E-state index contributed by atoms with van der Waals surface area (Å²) < 4.78 is 26.2. The normalized spacial score (nSPS) is 12.2. The maximum absolute atomic E-state index is 13.3. The van der Waals surface area contributed by atoms with Gasteiger partial charge in [0.25, 0.3) is 0 Å². The summed E-state index contributed by atoms with van der Waals surface area (Å²) in [6.07, 6.45) is 2.77. The lowest BCUT2D eigenvalue weighted by Gasteiger charge is -2.31. The lowest BCUT2D eigenvalue weighted by molar-refractivity contribution is -0.141. The van der Waals surface area contributed by atoms with Crippen LogP contribution in [0.25, 0.3) is 0 Å². The number of amides is 2. The molecule has 0 aliphatic carbocycles. The summed E-state index contributed by atoms with van der Waals surface area (Å²) in [6, 6.07) is 11.6. The molecule has 0 aliphatic heterocycles. The summed E-state index contributed by atoms with van der Waals surface area (Å²) in [5.74, 6) is -0.541. The number of aryl methyl sites for hydroxylation is 1. The van der Waals surface area contributed by atoms with Gasteiger partial charge in [-0.25, -0.2) is 8.42 Å². The molecule has 0 unspecified atom stereocenters. The molecule has 192 valence electrons. The fraction of sp³-hybridized carbons (Fsp3) is 0.440. The number of hydrogen-bond donors (Lipinski definition) is 1. The van der Waals surface area contributed by atoms with E-state index in [2.05, 4.69) is 5.32 Å². The molecule has 10 heteroatoms. The van der Waals surface area contributed by atoms with Gasteiger partial charge in [0.05, 0.1) is 11.9 Å². The van der Waals surface area contributed by atoms with Gasteiger partial charge >= 0.3 is 0 Å². The van der Waals surface area contributed by atoms with Gasteiger partial charge < -0.3 is 10.2 Å². The summed E-state index contributed by atoms with van der Waals surface area (Å²) in [5.41, 5.74) is 2.33. The maximum Gasteiger partial charge on any atom is 0.242 e. The number of rotatable bonds is 12. The second-order valence-electron chi connectivity index (χ2n) is 8.25. The standard InChI is InChI=1S/C25H33Cl2N3O4S/c1-5-18-9-13-21(14-10-18)30(35(4,33)34)15-7-8-24(31)29(23(6-2)25(32)28-3)17-19-11-12-20(26)16-22(19)27/h9-14,16,23H,5-8,15,17H2,1-4H3,(H,28,32)/t23-/m1/s1. The molecule has 35 heavy (non-hydrogen) atoms. The van der Waals surface area contributed by atoms with Crippen molar-refractivity contribution >= 4 is 50.7 Å².